The minimum absolute atomic E-state index is 0.0112. The number of ketones is 1. The Bertz CT molecular complexity index is 2450. The molecule has 0 radical (unpaired) electrons. The Labute approximate surface area is 485 Å². The van der Waals surface area contributed by atoms with Crippen molar-refractivity contribution in [2.75, 3.05) is 47.4 Å². The second kappa shape index (κ2) is 31.9. The fraction of sp³-hybridized carbons (Fsp3) is 0.707. The van der Waals surface area contributed by atoms with Crippen molar-refractivity contribution in [2.24, 2.45) is 23.7 Å². The molecule has 3 aliphatic heterocycles. The van der Waals surface area contributed by atoms with E-state index >= 15 is 0 Å². The van der Waals surface area contributed by atoms with Gasteiger partial charge in [0.2, 0.25) is 41.2 Å². The number of carbonyl (C=O) groups excluding carboxylic acids is 11. The molecule has 4 fully saturated rings. The number of esters is 2. The molecule has 5 rings (SSSR count). The average molecular weight is 1170 g/mol. The van der Waals surface area contributed by atoms with Gasteiger partial charge in [0, 0.05) is 59.6 Å². The molecule has 1 saturated carbocycles. The fourth-order valence-electron chi connectivity index (χ4n) is 11.4. The van der Waals surface area contributed by atoms with Gasteiger partial charge in [0.05, 0.1) is 38.0 Å². The topological polar surface area (TPSA) is 332 Å². The third-order valence-corrected chi connectivity index (χ3v) is 16.2. The van der Waals surface area contributed by atoms with Crippen LogP contribution in [0.4, 0.5) is 0 Å². The van der Waals surface area contributed by atoms with Crippen LogP contribution < -0.4 is 21.3 Å². The summed E-state index contributed by atoms with van der Waals surface area (Å²) >= 11 is 0. The van der Waals surface area contributed by atoms with Crippen molar-refractivity contribution in [1.82, 2.24) is 36.0 Å². The van der Waals surface area contributed by atoms with E-state index in [0.717, 1.165) is 9.80 Å². The molecule has 1 unspecified atom stereocenters. The van der Waals surface area contributed by atoms with Crippen molar-refractivity contribution < 1.29 is 86.9 Å². The number of carbonyl (C=O) groups is 11. The number of nitrogens with one attached hydrogen (secondary N) is 4. The molecule has 12 atom stereocenters. The molecule has 462 valence electrons. The maximum absolute atomic E-state index is 14.4. The normalized spacial score (nSPS) is 29.9. The number of cyclic esters (lactones) is 1. The number of ether oxygens (including phenoxy) is 4. The van der Waals surface area contributed by atoms with Crippen LogP contribution in [0.1, 0.15) is 136 Å². The maximum Gasteiger partial charge on any atom is 0.342 e. The Morgan fingerprint density at radius 2 is 1.48 bits per heavy atom. The Morgan fingerprint density at radius 3 is 2.16 bits per heavy atom. The van der Waals surface area contributed by atoms with Crippen molar-refractivity contribution in [2.45, 2.75) is 192 Å². The number of Topliss-reactive ketones (excluding diaryl/α,β-unsaturated/α-hetero) is 1. The Morgan fingerprint density at radius 1 is 0.795 bits per heavy atom. The van der Waals surface area contributed by atoms with Gasteiger partial charge in [0.25, 0.3) is 11.7 Å². The highest BCUT2D eigenvalue weighted by atomic mass is 17.1. The van der Waals surface area contributed by atoms with Crippen LogP contribution >= 0.6 is 0 Å². The highest BCUT2D eigenvalue weighted by Crippen LogP contribution is 2.37. The van der Waals surface area contributed by atoms with E-state index in [1.165, 1.54) is 33.0 Å². The highest BCUT2D eigenvalue weighted by molar-refractivity contribution is 6.39. The molecule has 83 heavy (non-hydrogen) atoms. The van der Waals surface area contributed by atoms with Gasteiger partial charge in [0.1, 0.15) is 36.4 Å². The van der Waals surface area contributed by atoms with Gasteiger partial charge in [-0.05, 0) is 101 Å². The van der Waals surface area contributed by atoms with Crippen LogP contribution in [0, 0.1) is 23.7 Å². The molecule has 4 aliphatic rings. The maximum atomic E-state index is 14.4. The van der Waals surface area contributed by atoms with E-state index in [4.69, 9.17) is 24.2 Å². The molecule has 3 heterocycles. The number of piperidine rings is 1. The zero-order valence-corrected chi connectivity index (χ0v) is 49.2. The first kappa shape index (κ1) is 67.2. The third kappa shape index (κ3) is 19.5. The van der Waals surface area contributed by atoms with E-state index in [9.17, 15) is 57.8 Å². The zero-order valence-electron chi connectivity index (χ0n) is 49.2. The SMILES string of the molecule is CO[C@@H]1C[C@H](C[C@@H](C)[C@@H]2CC(=O)NCCNC(=O)CN(C)C(=O)[C@H](Cc3ccccc3)NC(=O)[C@H](CC(C)C)N(C)C(=O)[C@H](C)NC(=O)CC[C@@H]3CC[C@@H](C)[C@@](O)(O3)C(=O)C(=O)N3CCCC[C@H]3C(=O)O2)CCC1OC(=O)CCC(=O)OO. The number of amides is 7. The third-order valence-electron chi connectivity index (χ3n) is 16.2. The van der Waals surface area contributed by atoms with E-state index < -0.39 is 138 Å². The van der Waals surface area contributed by atoms with E-state index in [1.54, 1.807) is 44.2 Å². The number of hydrogen-bond acceptors (Lipinski definition) is 18. The number of likely N-dealkylation sites (N-methyl/N-ethyl adjacent to an activating group) is 2. The van der Waals surface area contributed by atoms with E-state index in [2.05, 4.69) is 26.2 Å². The second-order valence-electron chi connectivity index (χ2n) is 23.2. The monoisotopic (exact) mass is 1170 g/mol. The second-order valence-corrected chi connectivity index (χ2v) is 23.2. The summed E-state index contributed by atoms with van der Waals surface area (Å²) in [5.74, 6) is -12.7. The molecular weight excluding hydrogens is 1080 g/mol. The number of rotatable bonds is 12. The molecule has 2 bridgehead atoms. The number of benzene rings is 1. The van der Waals surface area contributed by atoms with Crippen LogP contribution in [0.25, 0.3) is 0 Å². The smallest absolute Gasteiger partial charge is 0.342 e. The Kier molecular flexibility index (Phi) is 25.8. The van der Waals surface area contributed by atoms with Crippen LogP contribution in [-0.4, -0.2) is 192 Å². The molecule has 7 amide bonds. The summed E-state index contributed by atoms with van der Waals surface area (Å²) in [5, 5.41) is 31.5. The standard InChI is InChI=1S/C58H87N7O18/c1-34(2)28-43-53(72)62-41(30-38-14-10-9-11-15-38)55(74)63(6)33-49(68)60-26-25-59-48(67)32-45(35(3)29-39-18-21-44(46(31-39)79-8)80-50(69)23-24-51(70)83-78)81-57(76)42-16-12-13-27-65(42)56(75)52(71)58(77)36(4)17-19-40(82-58)20-22-47(66)61-37(5)54(73)64(43)7/h9-11,14-15,34-37,39-46,77-78H,12-13,16-33H2,1-8H3,(H,59,67)(H,60,68)(H,61,66)(H,62,72)/t35-,36-,37+,39+,40+,41+,42+,43+,44?,45+,46-,58-/m1/s1. The molecule has 0 spiro atoms. The lowest BCUT2D eigenvalue weighted by molar-refractivity contribution is -0.263. The van der Waals surface area contributed by atoms with Crippen LogP contribution in [0.2, 0.25) is 0 Å². The molecular formula is C58H87N7O18. The fourth-order valence-corrected chi connectivity index (χ4v) is 11.4. The summed E-state index contributed by atoms with van der Waals surface area (Å²) in [6.45, 7) is 7.94. The first-order valence-corrected chi connectivity index (χ1v) is 29.1. The summed E-state index contributed by atoms with van der Waals surface area (Å²) in [6.07, 6.45) is -0.910. The number of aliphatic hydroxyl groups is 1. The number of nitrogens with zero attached hydrogens (tertiary/aromatic N) is 3. The van der Waals surface area contributed by atoms with Crippen molar-refractivity contribution in [1.29, 1.82) is 0 Å². The Hall–Kier alpha value is -6.57. The number of methoxy groups -OCH3 is 1. The molecule has 0 aromatic heterocycles. The average Bonchev–Trinajstić information content (AvgIpc) is 3.57. The summed E-state index contributed by atoms with van der Waals surface area (Å²) in [6, 6.07) is 4.26. The molecule has 3 saturated heterocycles. The molecule has 25 nitrogen and oxygen atoms in total. The van der Waals surface area contributed by atoms with Gasteiger partial charge < -0.3 is 64.9 Å². The van der Waals surface area contributed by atoms with Crippen molar-refractivity contribution in [3.05, 3.63) is 35.9 Å². The van der Waals surface area contributed by atoms with E-state index in [-0.39, 0.29) is 89.3 Å². The van der Waals surface area contributed by atoms with Crippen molar-refractivity contribution in [3.63, 3.8) is 0 Å². The van der Waals surface area contributed by atoms with Gasteiger partial charge in [-0.2, -0.15) is 5.26 Å². The van der Waals surface area contributed by atoms with E-state index in [1.807, 2.05) is 13.8 Å². The molecule has 25 heteroatoms. The number of hydrogen-bond donors (Lipinski definition) is 6. The van der Waals surface area contributed by atoms with Gasteiger partial charge >= 0.3 is 17.9 Å². The first-order chi connectivity index (χ1) is 39.3. The van der Waals surface area contributed by atoms with Crippen LogP contribution in [-0.2, 0) is 83.0 Å². The van der Waals surface area contributed by atoms with Crippen LogP contribution in [0.3, 0.4) is 0 Å². The lowest BCUT2D eigenvalue weighted by atomic mass is 9.78. The van der Waals surface area contributed by atoms with Gasteiger partial charge in [0.15, 0.2) is 0 Å². The van der Waals surface area contributed by atoms with Gasteiger partial charge in [-0.3, -0.25) is 43.2 Å². The number of fused-ring (bicyclic) bond motifs is 3. The van der Waals surface area contributed by atoms with E-state index in [0.29, 0.717) is 50.5 Å². The largest absolute Gasteiger partial charge is 0.460 e. The summed E-state index contributed by atoms with van der Waals surface area (Å²) in [4.78, 5) is 157. The first-order valence-electron chi connectivity index (χ1n) is 29.1. The zero-order chi connectivity index (χ0) is 61.1. The minimum atomic E-state index is -2.63. The molecule has 1 aromatic carbocycles. The lowest BCUT2D eigenvalue weighted by Crippen LogP contribution is -2.60. The predicted molar refractivity (Wildman–Crippen MR) is 295 cm³/mol. The Balaban J connectivity index is 1.40. The predicted octanol–water partition coefficient (Wildman–Crippen LogP) is 1.88. The van der Waals surface area contributed by atoms with Gasteiger partial charge in [-0.25, -0.2) is 9.59 Å². The molecule has 1 aromatic rings. The summed E-state index contributed by atoms with van der Waals surface area (Å²) < 4.78 is 23.5. The minimum Gasteiger partial charge on any atom is -0.460 e. The summed E-state index contributed by atoms with van der Waals surface area (Å²) in [7, 11) is 4.31. The van der Waals surface area contributed by atoms with Gasteiger partial charge in [-0.15, -0.1) is 0 Å². The van der Waals surface area contributed by atoms with Crippen molar-refractivity contribution in [3.8, 4) is 0 Å². The van der Waals surface area contributed by atoms with Crippen LogP contribution in [0.5, 0.6) is 0 Å². The quantitative estimate of drug-likeness (QED) is 0.0572. The van der Waals surface area contributed by atoms with Crippen molar-refractivity contribution >= 4 is 65.0 Å². The summed E-state index contributed by atoms with van der Waals surface area (Å²) in [5.41, 5.74) is 0.709. The van der Waals surface area contributed by atoms with Gasteiger partial charge in [-0.1, -0.05) is 58.0 Å². The molecule has 6 N–H and O–H groups in total. The highest BCUT2D eigenvalue weighted by Gasteiger charge is 2.53. The lowest BCUT2D eigenvalue weighted by Gasteiger charge is -2.42. The molecule has 1 aliphatic carbocycles. The van der Waals surface area contributed by atoms with Crippen LogP contribution in [0.15, 0.2) is 30.3 Å².